The number of carbonyl (C=O) groups excluding carboxylic acids is 3. The van der Waals surface area contributed by atoms with E-state index in [2.05, 4.69) is 0 Å². The Kier molecular flexibility index (Phi) is 4.16. The minimum absolute atomic E-state index is 0.0542. The SMILES string of the molecule is CC(=O)CCCC(C(=O)O)N1C(=O)c2ccccc2C1=O. The predicted molar refractivity (Wildman–Crippen MR) is 72.9 cm³/mol. The van der Waals surface area contributed by atoms with Gasteiger partial charge in [0.15, 0.2) is 0 Å². The fourth-order valence-electron chi connectivity index (χ4n) is 2.40. The molecule has 0 aromatic heterocycles. The molecule has 1 aliphatic rings. The summed E-state index contributed by atoms with van der Waals surface area (Å²) >= 11 is 0. The molecule has 0 fully saturated rings. The van der Waals surface area contributed by atoms with Crippen molar-refractivity contribution in [1.29, 1.82) is 0 Å². The van der Waals surface area contributed by atoms with Crippen LogP contribution in [0.5, 0.6) is 0 Å². The van der Waals surface area contributed by atoms with Gasteiger partial charge in [-0.05, 0) is 31.9 Å². The number of hydrogen-bond acceptors (Lipinski definition) is 4. The van der Waals surface area contributed by atoms with Crippen molar-refractivity contribution in [1.82, 2.24) is 4.90 Å². The van der Waals surface area contributed by atoms with E-state index in [1.165, 1.54) is 19.1 Å². The smallest absolute Gasteiger partial charge is 0.326 e. The minimum Gasteiger partial charge on any atom is -0.480 e. The zero-order valence-corrected chi connectivity index (χ0v) is 11.5. The molecule has 1 aromatic rings. The molecule has 1 heterocycles. The molecule has 1 aromatic carbocycles. The van der Waals surface area contributed by atoms with E-state index in [1.807, 2.05) is 0 Å². The van der Waals surface area contributed by atoms with Crippen molar-refractivity contribution in [2.45, 2.75) is 32.2 Å². The van der Waals surface area contributed by atoms with Crippen LogP contribution in [0.4, 0.5) is 0 Å². The number of hydrogen-bond donors (Lipinski definition) is 1. The van der Waals surface area contributed by atoms with Gasteiger partial charge in [-0.25, -0.2) is 4.79 Å². The third-order valence-electron chi connectivity index (χ3n) is 3.43. The molecule has 6 heteroatoms. The molecule has 0 radical (unpaired) electrons. The number of carbonyl (C=O) groups is 4. The van der Waals surface area contributed by atoms with Gasteiger partial charge in [0, 0.05) is 6.42 Å². The van der Waals surface area contributed by atoms with E-state index in [9.17, 15) is 24.3 Å². The highest BCUT2D eigenvalue weighted by atomic mass is 16.4. The number of benzene rings is 1. The Morgan fingerprint density at radius 2 is 1.67 bits per heavy atom. The second kappa shape index (κ2) is 5.87. The van der Waals surface area contributed by atoms with Gasteiger partial charge in [0.05, 0.1) is 11.1 Å². The summed E-state index contributed by atoms with van der Waals surface area (Å²) in [6.07, 6.45) is 0.618. The Hall–Kier alpha value is -2.50. The Balaban J connectivity index is 2.22. The summed E-state index contributed by atoms with van der Waals surface area (Å²) < 4.78 is 0. The molecule has 2 amide bonds. The third-order valence-corrected chi connectivity index (χ3v) is 3.43. The fourth-order valence-corrected chi connectivity index (χ4v) is 2.40. The molecule has 1 unspecified atom stereocenters. The molecule has 1 aliphatic heterocycles. The van der Waals surface area contributed by atoms with E-state index in [4.69, 9.17) is 0 Å². The number of rotatable bonds is 6. The monoisotopic (exact) mass is 289 g/mol. The highest BCUT2D eigenvalue weighted by Crippen LogP contribution is 2.26. The maximum Gasteiger partial charge on any atom is 0.326 e. The van der Waals surface area contributed by atoms with Gasteiger partial charge in [-0.1, -0.05) is 12.1 Å². The number of Topliss-reactive ketones (excluding diaryl/α,β-unsaturated/α-hetero) is 1. The summed E-state index contributed by atoms with van der Waals surface area (Å²) in [5.74, 6) is -2.48. The largest absolute Gasteiger partial charge is 0.480 e. The number of nitrogens with zero attached hydrogens (tertiary/aromatic N) is 1. The lowest BCUT2D eigenvalue weighted by Crippen LogP contribution is -2.44. The number of imide groups is 1. The summed E-state index contributed by atoms with van der Waals surface area (Å²) in [5, 5.41) is 9.28. The number of carboxylic acids is 1. The first-order valence-electron chi connectivity index (χ1n) is 6.62. The lowest BCUT2D eigenvalue weighted by molar-refractivity contribution is -0.142. The van der Waals surface area contributed by atoms with Crippen LogP contribution in [0.25, 0.3) is 0 Å². The summed E-state index contributed by atoms with van der Waals surface area (Å²) in [4.78, 5) is 47.5. The Morgan fingerprint density at radius 3 is 2.10 bits per heavy atom. The highest BCUT2D eigenvalue weighted by molar-refractivity contribution is 6.22. The summed E-state index contributed by atoms with van der Waals surface area (Å²) in [7, 11) is 0. The Morgan fingerprint density at radius 1 is 1.14 bits per heavy atom. The maximum atomic E-state index is 12.2. The van der Waals surface area contributed by atoms with Crippen LogP contribution in [-0.2, 0) is 9.59 Å². The van der Waals surface area contributed by atoms with Gasteiger partial charge in [-0.15, -0.1) is 0 Å². The van der Waals surface area contributed by atoms with E-state index in [0.29, 0.717) is 6.42 Å². The van der Waals surface area contributed by atoms with Crippen LogP contribution in [0.1, 0.15) is 46.9 Å². The number of aliphatic carboxylic acids is 1. The predicted octanol–water partition coefficient (Wildman–Crippen LogP) is 1.50. The van der Waals surface area contributed by atoms with E-state index < -0.39 is 23.8 Å². The van der Waals surface area contributed by atoms with Crippen molar-refractivity contribution in [2.75, 3.05) is 0 Å². The molecule has 1 N–H and O–H groups in total. The van der Waals surface area contributed by atoms with Gasteiger partial charge < -0.3 is 9.90 Å². The van der Waals surface area contributed by atoms with Crippen LogP contribution in [0.2, 0.25) is 0 Å². The van der Waals surface area contributed by atoms with Crippen molar-refractivity contribution in [3.8, 4) is 0 Å². The standard InChI is InChI=1S/C15H15NO5/c1-9(17)5-4-8-12(15(20)21)16-13(18)10-6-2-3-7-11(10)14(16)19/h2-3,6-7,12H,4-5,8H2,1H3,(H,20,21). The van der Waals surface area contributed by atoms with Gasteiger partial charge in [0.1, 0.15) is 11.8 Å². The van der Waals surface area contributed by atoms with E-state index in [-0.39, 0.29) is 29.8 Å². The molecule has 0 aliphatic carbocycles. The molecule has 2 rings (SSSR count). The maximum absolute atomic E-state index is 12.2. The first-order valence-corrected chi connectivity index (χ1v) is 6.62. The average molecular weight is 289 g/mol. The normalized spacial score (nSPS) is 15.0. The Labute approximate surface area is 121 Å². The van der Waals surface area contributed by atoms with Crippen molar-refractivity contribution in [3.63, 3.8) is 0 Å². The number of carboxylic acid groups (broad SMARTS) is 1. The average Bonchev–Trinajstić information content (AvgIpc) is 2.68. The quantitative estimate of drug-likeness (QED) is 0.801. The van der Waals surface area contributed by atoms with Gasteiger partial charge in [0.25, 0.3) is 11.8 Å². The lowest BCUT2D eigenvalue weighted by Gasteiger charge is -2.22. The van der Waals surface area contributed by atoms with E-state index in [0.717, 1.165) is 4.90 Å². The van der Waals surface area contributed by atoms with Gasteiger partial charge in [-0.2, -0.15) is 0 Å². The van der Waals surface area contributed by atoms with Crippen LogP contribution in [0, 0.1) is 0 Å². The van der Waals surface area contributed by atoms with Crippen LogP contribution >= 0.6 is 0 Å². The minimum atomic E-state index is -1.24. The van der Waals surface area contributed by atoms with Crippen molar-refractivity contribution < 1.29 is 24.3 Å². The summed E-state index contributed by atoms with van der Waals surface area (Å²) in [6, 6.07) is 5.02. The number of fused-ring (bicyclic) bond motifs is 1. The molecule has 110 valence electrons. The molecule has 6 nitrogen and oxygen atoms in total. The fraction of sp³-hybridized carbons (Fsp3) is 0.333. The number of ketones is 1. The zero-order valence-electron chi connectivity index (χ0n) is 11.5. The summed E-state index contributed by atoms with van der Waals surface area (Å²) in [5.41, 5.74) is 0.445. The third kappa shape index (κ3) is 2.84. The van der Waals surface area contributed by atoms with Crippen LogP contribution in [-0.4, -0.2) is 39.6 Å². The number of amides is 2. The van der Waals surface area contributed by atoms with Crippen molar-refractivity contribution >= 4 is 23.6 Å². The van der Waals surface area contributed by atoms with Crippen LogP contribution < -0.4 is 0 Å². The molecule has 21 heavy (non-hydrogen) atoms. The molecule has 1 atom stereocenters. The van der Waals surface area contributed by atoms with Gasteiger partial charge >= 0.3 is 5.97 Å². The van der Waals surface area contributed by atoms with Crippen molar-refractivity contribution in [3.05, 3.63) is 35.4 Å². The molecule has 0 spiro atoms. The van der Waals surface area contributed by atoms with Crippen molar-refractivity contribution in [2.24, 2.45) is 0 Å². The molecular formula is C15H15NO5. The van der Waals surface area contributed by atoms with Crippen LogP contribution in [0.3, 0.4) is 0 Å². The van der Waals surface area contributed by atoms with E-state index in [1.54, 1.807) is 12.1 Å². The zero-order chi connectivity index (χ0) is 15.6. The first-order chi connectivity index (χ1) is 9.93. The summed E-state index contributed by atoms with van der Waals surface area (Å²) in [6.45, 7) is 1.41. The highest BCUT2D eigenvalue weighted by Gasteiger charge is 2.42. The molecule has 0 bridgehead atoms. The molecular weight excluding hydrogens is 274 g/mol. The second-order valence-corrected chi connectivity index (χ2v) is 4.97. The van der Waals surface area contributed by atoms with Gasteiger partial charge in [0.2, 0.25) is 0 Å². The topological polar surface area (TPSA) is 91.8 Å². The lowest BCUT2D eigenvalue weighted by atomic mass is 10.1. The molecule has 0 saturated carbocycles. The molecule has 0 saturated heterocycles. The van der Waals surface area contributed by atoms with Gasteiger partial charge in [-0.3, -0.25) is 14.5 Å². The van der Waals surface area contributed by atoms with E-state index >= 15 is 0 Å². The first kappa shape index (κ1) is 14.9. The van der Waals surface area contributed by atoms with Crippen LogP contribution in [0.15, 0.2) is 24.3 Å². The Bertz CT molecular complexity index is 587. The second-order valence-electron chi connectivity index (χ2n) is 4.97.